The highest BCUT2D eigenvalue weighted by Crippen LogP contribution is 2.19. The van der Waals surface area contributed by atoms with Crippen LogP contribution in [-0.4, -0.2) is 41.9 Å². The van der Waals surface area contributed by atoms with Gasteiger partial charge in [0.05, 0.1) is 19.6 Å². The third-order valence-electron chi connectivity index (χ3n) is 4.19. The average molecular weight is 287 g/mol. The quantitative estimate of drug-likeness (QED) is 0.561. The zero-order chi connectivity index (χ0) is 15.8. The van der Waals surface area contributed by atoms with Crippen LogP contribution >= 0.6 is 0 Å². The lowest BCUT2D eigenvalue weighted by atomic mass is 10.0. The molecule has 0 aromatic heterocycles. The summed E-state index contributed by atoms with van der Waals surface area (Å²) < 4.78 is 1.12. The fraction of sp³-hybridized carbons (Fsp3) is 1.00. The molecule has 1 unspecified atom stereocenters. The smallest absolute Gasteiger partial charge is 0.105 e. The summed E-state index contributed by atoms with van der Waals surface area (Å²) in [7, 11) is 0. The number of aliphatic hydroxyl groups is 1. The van der Waals surface area contributed by atoms with Gasteiger partial charge in [0.25, 0.3) is 0 Å². The van der Waals surface area contributed by atoms with Crippen molar-refractivity contribution in [2.45, 2.75) is 73.8 Å². The number of hydrogen-bond acceptors (Lipinski definition) is 1. The van der Waals surface area contributed by atoms with Gasteiger partial charge in [-0.05, 0) is 43.9 Å². The highest BCUT2D eigenvalue weighted by Gasteiger charge is 2.29. The van der Waals surface area contributed by atoms with Gasteiger partial charge in [0.1, 0.15) is 12.6 Å². The molecule has 122 valence electrons. The van der Waals surface area contributed by atoms with Gasteiger partial charge in [-0.1, -0.05) is 41.5 Å². The number of rotatable bonds is 11. The van der Waals surface area contributed by atoms with Crippen molar-refractivity contribution in [1.82, 2.24) is 0 Å². The van der Waals surface area contributed by atoms with E-state index >= 15 is 0 Å². The van der Waals surface area contributed by atoms with Crippen molar-refractivity contribution < 1.29 is 9.59 Å². The Morgan fingerprint density at radius 1 is 0.650 bits per heavy atom. The van der Waals surface area contributed by atoms with Crippen molar-refractivity contribution >= 4 is 0 Å². The lowest BCUT2D eigenvalue weighted by Crippen LogP contribution is -2.54. The Morgan fingerprint density at radius 3 is 1.15 bits per heavy atom. The SMILES string of the molecule is CC(C)CC[N+](CCC(C)C)(CCC(C)C)CC(C)O. The fourth-order valence-electron chi connectivity index (χ4n) is 2.77. The van der Waals surface area contributed by atoms with Crippen molar-refractivity contribution in [1.29, 1.82) is 0 Å². The maximum Gasteiger partial charge on any atom is 0.105 e. The van der Waals surface area contributed by atoms with E-state index in [9.17, 15) is 5.11 Å². The first-order valence-electron chi connectivity index (χ1n) is 8.70. The van der Waals surface area contributed by atoms with Crippen LogP contribution in [0.25, 0.3) is 0 Å². The number of nitrogens with zero attached hydrogens (tertiary/aromatic N) is 1. The average Bonchev–Trinajstić information content (AvgIpc) is 2.30. The van der Waals surface area contributed by atoms with Crippen LogP contribution in [0.3, 0.4) is 0 Å². The second-order valence-corrected chi connectivity index (χ2v) is 8.09. The van der Waals surface area contributed by atoms with Gasteiger partial charge in [0.2, 0.25) is 0 Å². The molecule has 0 bridgehead atoms. The summed E-state index contributed by atoms with van der Waals surface area (Å²) in [5, 5.41) is 9.97. The van der Waals surface area contributed by atoms with Gasteiger partial charge >= 0.3 is 0 Å². The minimum Gasteiger partial charge on any atom is -0.388 e. The molecule has 2 heteroatoms. The molecular formula is C18H40NO+. The van der Waals surface area contributed by atoms with E-state index in [0.717, 1.165) is 28.8 Å². The Balaban J connectivity index is 4.84. The second-order valence-electron chi connectivity index (χ2n) is 8.09. The molecule has 0 saturated heterocycles. The van der Waals surface area contributed by atoms with Crippen molar-refractivity contribution in [2.24, 2.45) is 17.8 Å². The lowest BCUT2D eigenvalue weighted by molar-refractivity contribution is -0.932. The first kappa shape index (κ1) is 19.9. The summed E-state index contributed by atoms with van der Waals surface area (Å²) in [6.07, 6.45) is 3.61. The molecule has 0 radical (unpaired) electrons. The van der Waals surface area contributed by atoms with E-state index < -0.39 is 0 Å². The van der Waals surface area contributed by atoms with Crippen molar-refractivity contribution in [3.63, 3.8) is 0 Å². The van der Waals surface area contributed by atoms with E-state index in [-0.39, 0.29) is 6.10 Å². The molecule has 0 aromatic rings. The lowest BCUT2D eigenvalue weighted by Gasteiger charge is -2.41. The van der Waals surface area contributed by atoms with Crippen LogP contribution in [0.4, 0.5) is 0 Å². The first-order valence-corrected chi connectivity index (χ1v) is 8.70. The molecule has 0 aliphatic heterocycles. The minimum atomic E-state index is -0.193. The summed E-state index contributed by atoms with van der Waals surface area (Å²) in [4.78, 5) is 0. The molecule has 20 heavy (non-hydrogen) atoms. The molecular weight excluding hydrogens is 246 g/mol. The van der Waals surface area contributed by atoms with Gasteiger partial charge in [0, 0.05) is 0 Å². The van der Waals surface area contributed by atoms with Gasteiger partial charge < -0.3 is 9.59 Å². The largest absolute Gasteiger partial charge is 0.388 e. The zero-order valence-corrected chi connectivity index (χ0v) is 15.2. The standard InChI is InChI=1S/C18H40NO/c1-15(2)8-11-19(14-18(7)20,12-9-16(3)4)13-10-17(5)6/h15-18,20H,8-14H2,1-7H3/q+1. The van der Waals surface area contributed by atoms with E-state index in [1.807, 2.05) is 6.92 Å². The molecule has 0 rings (SSSR count). The van der Waals surface area contributed by atoms with Crippen LogP contribution in [0, 0.1) is 17.8 Å². The number of hydrogen-bond donors (Lipinski definition) is 1. The van der Waals surface area contributed by atoms with Crippen molar-refractivity contribution in [2.75, 3.05) is 26.2 Å². The van der Waals surface area contributed by atoms with Crippen LogP contribution in [0.1, 0.15) is 67.7 Å². The van der Waals surface area contributed by atoms with E-state index in [1.165, 1.54) is 38.9 Å². The van der Waals surface area contributed by atoms with Crippen LogP contribution in [-0.2, 0) is 0 Å². The molecule has 0 saturated carbocycles. The van der Waals surface area contributed by atoms with Crippen LogP contribution in [0.5, 0.6) is 0 Å². The van der Waals surface area contributed by atoms with Crippen molar-refractivity contribution in [3.05, 3.63) is 0 Å². The molecule has 0 amide bonds. The Kier molecular flexibility index (Phi) is 9.74. The molecule has 0 heterocycles. The Labute approximate surface area is 128 Å². The van der Waals surface area contributed by atoms with E-state index in [1.54, 1.807) is 0 Å². The first-order chi connectivity index (χ1) is 9.17. The maximum absolute atomic E-state index is 9.97. The van der Waals surface area contributed by atoms with Gasteiger partial charge in [0.15, 0.2) is 0 Å². The molecule has 1 atom stereocenters. The highest BCUT2D eigenvalue weighted by atomic mass is 16.3. The fourth-order valence-corrected chi connectivity index (χ4v) is 2.77. The van der Waals surface area contributed by atoms with Gasteiger partial charge in [-0.2, -0.15) is 0 Å². The monoisotopic (exact) mass is 286 g/mol. The van der Waals surface area contributed by atoms with Gasteiger partial charge in [-0.25, -0.2) is 0 Å². The second kappa shape index (κ2) is 9.78. The predicted molar refractivity (Wildman–Crippen MR) is 89.8 cm³/mol. The van der Waals surface area contributed by atoms with Crippen LogP contribution < -0.4 is 0 Å². The molecule has 2 nitrogen and oxygen atoms in total. The summed E-state index contributed by atoms with van der Waals surface area (Å²) in [5.41, 5.74) is 0. The van der Waals surface area contributed by atoms with E-state index in [2.05, 4.69) is 41.5 Å². The zero-order valence-electron chi connectivity index (χ0n) is 15.2. The Morgan fingerprint density at radius 2 is 0.950 bits per heavy atom. The van der Waals surface area contributed by atoms with Crippen LogP contribution in [0.2, 0.25) is 0 Å². The summed E-state index contributed by atoms with van der Waals surface area (Å²) in [6.45, 7) is 20.4. The summed E-state index contributed by atoms with van der Waals surface area (Å²) >= 11 is 0. The molecule has 0 fully saturated rings. The van der Waals surface area contributed by atoms with Gasteiger partial charge in [-0.15, -0.1) is 0 Å². The Bertz CT molecular complexity index is 202. The molecule has 0 aliphatic carbocycles. The molecule has 0 spiro atoms. The summed E-state index contributed by atoms with van der Waals surface area (Å²) in [6, 6.07) is 0. The van der Waals surface area contributed by atoms with Crippen molar-refractivity contribution in [3.8, 4) is 0 Å². The normalized spacial score (nSPS) is 14.6. The molecule has 0 aliphatic rings. The third kappa shape index (κ3) is 9.77. The predicted octanol–water partition coefficient (Wildman–Crippen LogP) is 4.32. The number of quaternary nitrogens is 1. The summed E-state index contributed by atoms with van der Waals surface area (Å²) in [5.74, 6) is 2.25. The third-order valence-corrected chi connectivity index (χ3v) is 4.19. The molecule has 1 N–H and O–H groups in total. The maximum atomic E-state index is 9.97. The van der Waals surface area contributed by atoms with E-state index in [0.29, 0.717) is 0 Å². The van der Waals surface area contributed by atoms with Gasteiger partial charge in [-0.3, -0.25) is 0 Å². The van der Waals surface area contributed by atoms with E-state index in [4.69, 9.17) is 0 Å². The Hall–Kier alpha value is -0.0800. The number of aliphatic hydroxyl groups excluding tert-OH is 1. The topological polar surface area (TPSA) is 20.2 Å². The van der Waals surface area contributed by atoms with Crippen LogP contribution in [0.15, 0.2) is 0 Å². The molecule has 0 aromatic carbocycles. The minimum absolute atomic E-state index is 0.193. The highest BCUT2D eigenvalue weighted by molar-refractivity contribution is 4.57.